The van der Waals surface area contributed by atoms with Crippen molar-refractivity contribution < 1.29 is 19.1 Å². The molecule has 1 unspecified atom stereocenters. The summed E-state index contributed by atoms with van der Waals surface area (Å²) in [7, 11) is 0. The highest BCUT2D eigenvalue weighted by Gasteiger charge is 2.15. The molecular weight excluding hydrogens is 341 g/mol. The van der Waals surface area contributed by atoms with Gasteiger partial charge in [-0.15, -0.1) is 11.8 Å². The van der Waals surface area contributed by atoms with Crippen LogP contribution < -0.4 is 5.32 Å². The Morgan fingerprint density at radius 3 is 2.68 bits per heavy atom. The van der Waals surface area contributed by atoms with Gasteiger partial charge in [-0.2, -0.15) is 0 Å². The zero-order valence-corrected chi connectivity index (χ0v) is 14.7. The molecule has 0 fully saturated rings. The van der Waals surface area contributed by atoms with E-state index in [9.17, 15) is 14.0 Å². The molecule has 132 valence electrons. The summed E-state index contributed by atoms with van der Waals surface area (Å²) in [6, 6.07) is 13.7. The zero-order valence-electron chi connectivity index (χ0n) is 13.9. The molecular formula is C19H20FNO3S. The molecule has 0 aliphatic heterocycles. The maximum absolute atomic E-state index is 13.7. The summed E-state index contributed by atoms with van der Waals surface area (Å²) in [5.41, 5.74) is 2.11. The van der Waals surface area contributed by atoms with Crippen LogP contribution in [0.15, 0.2) is 48.5 Å². The largest absolute Gasteiger partial charge is 0.481 e. The first-order chi connectivity index (χ1) is 12.0. The first-order valence-corrected chi connectivity index (χ1v) is 9.04. The van der Waals surface area contributed by atoms with Gasteiger partial charge in [-0.05, 0) is 35.7 Å². The Bertz CT molecular complexity index is 751. The molecule has 1 atom stereocenters. The molecule has 0 radical (unpaired) electrons. The van der Waals surface area contributed by atoms with Gasteiger partial charge in [0.2, 0.25) is 5.91 Å². The van der Waals surface area contributed by atoms with Gasteiger partial charge in [0.1, 0.15) is 5.82 Å². The highest BCUT2D eigenvalue weighted by Crippen LogP contribution is 2.18. The number of benzene rings is 2. The van der Waals surface area contributed by atoms with Gasteiger partial charge in [0.25, 0.3) is 0 Å². The van der Waals surface area contributed by atoms with E-state index < -0.39 is 5.97 Å². The van der Waals surface area contributed by atoms with Crippen LogP contribution in [0.4, 0.5) is 10.1 Å². The van der Waals surface area contributed by atoms with E-state index in [2.05, 4.69) is 5.32 Å². The number of aliphatic carboxylic acids is 1. The Labute approximate surface area is 150 Å². The van der Waals surface area contributed by atoms with Crippen molar-refractivity contribution in [2.45, 2.75) is 19.1 Å². The Balaban J connectivity index is 1.93. The van der Waals surface area contributed by atoms with Gasteiger partial charge >= 0.3 is 5.97 Å². The van der Waals surface area contributed by atoms with Crippen LogP contribution >= 0.6 is 11.8 Å². The molecule has 0 aliphatic rings. The highest BCUT2D eigenvalue weighted by atomic mass is 32.2. The number of hydrogen-bond acceptors (Lipinski definition) is 3. The van der Waals surface area contributed by atoms with E-state index in [1.165, 1.54) is 17.8 Å². The number of hydrogen-bond donors (Lipinski definition) is 2. The minimum Gasteiger partial charge on any atom is -0.481 e. The third-order valence-corrected chi connectivity index (χ3v) is 4.61. The number of rotatable bonds is 8. The number of carboxylic acids is 1. The van der Waals surface area contributed by atoms with Crippen LogP contribution in [0.25, 0.3) is 0 Å². The lowest BCUT2D eigenvalue weighted by Gasteiger charge is -2.13. The molecule has 2 aromatic carbocycles. The van der Waals surface area contributed by atoms with Crippen LogP contribution in [0, 0.1) is 11.7 Å². The van der Waals surface area contributed by atoms with Gasteiger partial charge in [-0.1, -0.05) is 37.3 Å². The summed E-state index contributed by atoms with van der Waals surface area (Å²) >= 11 is 1.30. The van der Waals surface area contributed by atoms with Crippen LogP contribution in [0.3, 0.4) is 0 Å². The van der Waals surface area contributed by atoms with Gasteiger partial charge in [0, 0.05) is 17.4 Å². The Hall–Kier alpha value is -2.34. The maximum atomic E-state index is 13.7. The van der Waals surface area contributed by atoms with Gasteiger partial charge in [-0.3, -0.25) is 9.59 Å². The number of carbonyl (C=O) groups excluding carboxylic acids is 1. The number of carbonyl (C=O) groups is 2. The minimum absolute atomic E-state index is 0.0380. The van der Waals surface area contributed by atoms with Crippen LogP contribution in [-0.4, -0.2) is 22.7 Å². The van der Waals surface area contributed by atoms with Crippen molar-refractivity contribution in [3.05, 3.63) is 65.5 Å². The van der Waals surface area contributed by atoms with Crippen molar-refractivity contribution in [3.8, 4) is 0 Å². The second kappa shape index (κ2) is 9.22. The number of anilines is 1. The van der Waals surface area contributed by atoms with E-state index in [-0.39, 0.29) is 23.4 Å². The average Bonchev–Trinajstić information content (AvgIpc) is 2.57. The average molecular weight is 361 g/mol. The monoisotopic (exact) mass is 361 g/mol. The van der Waals surface area contributed by atoms with Crippen LogP contribution in [0.5, 0.6) is 0 Å². The van der Waals surface area contributed by atoms with Crippen molar-refractivity contribution in [1.29, 1.82) is 0 Å². The summed E-state index contributed by atoms with van der Waals surface area (Å²) in [6.45, 7) is 1.76. The van der Waals surface area contributed by atoms with E-state index in [0.29, 0.717) is 23.4 Å². The quantitative estimate of drug-likeness (QED) is 0.747. The van der Waals surface area contributed by atoms with Gasteiger partial charge in [0.15, 0.2) is 0 Å². The molecule has 0 saturated heterocycles. The topological polar surface area (TPSA) is 66.4 Å². The number of nitrogens with one attached hydrogen (secondary N) is 1. The van der Waals surface area contributed by atoms with Crippen LogP contribution in [0.2, 0.25) is 0 Å². The van der Waals surface area contributed by atoms with Crippen molar-refractivity contribution >= 4 is 29.3 Å². The molecule has 0 aromatic heterocycles. The summed E-state index contributed by atoms with van der Waals surface area (Å²) < 4.78 is 13.7. The molecule has 0 aliphatic carbocycles. The fraction of sp³-hybridized carbons (Fsp3) is 0.263. The third kappa shape index (κ3) is 6.23. The van der Waals surface area contributed by atoms with Gasteiger partial charge in [0.05, 0.1) is 5.75 Å². The SMILES string of the molecule is CC(Cc1ccccc1F)C(=O)Nc1cccc(CSCC(=O)O)c1. The number of amides is 1. The zero-order chi connectivity index (χ0) is 18.2. The van der Waals surface area contributed by atoms with Crippen molar-refractivity contribution in [2.75, 3.05) is 11.1 Å². The summed E-state index contributed by atoms with van der Waals surface area (Å²) in [5, 5.41) is 11.5. The summed E-state index contributed by atoms with van der Waals surface area (Å²) in [4.78, 5) is 22.9. The first-order valence-electron chi connectivity index (χ1n) is 7.88. The molecule has 2 rings (SSSR count). The normalized spacial score (nSPS) is 11.8. The van der Waals surface area contributed by atoms with E-state index in [1.54, 1.807) is 31.2 Å². The Morgan fingerprint density at radius 1 is 1.20 bits per heavy atom. The minimum atomic E-state index is -0.851. The second-order valence-corrected chi connectivity index (χ2v) is 6.76. The smallest absolute Gasteiger partial charge is 0.313 e. The lowest BCUT2D eigenvalue weighted by Crippen LogP contribution is -2.22. The molecule has 0 heterocycles. The number of thioether (sulfide) groups is 1. The fourth-order valence-electron chi connectivity index (χ4n) is 2.35. The predicted molar refractivity (Wildman–Crippen MR) is 98.1 cm³/mol. The second-order valence-electron chi connectivity index (χ2n) is 5.77. The van der Waals surface area contributed by atoms with E-state index >= 15 is 0 Å². The third-order valence-electron chi connectivity index (χ3n) is 3.62. The first kappa shape index (κ1) is 19.0. The molecule has 0 saturated carbocycles. The van der Waals surface area contributed by atoms with Crippen molar-refractivity contribution in [2.24, 2.45) is 5.92 Å². The molecule has 2 aromatic rings. The highest BCUT2D eigenvalue weighted by molar-refractivity contribution is 7.99. The van der Waals surface area contributed by atoms with E-state index in [1.807, 2.05) is 18.2 Å². The maximum Gasteiger partial charge on any atom is 0.313 e. The molecule has 1 amide bonds. The predicted octanol–water partition coefficient (Wildman–Crippen LogP) is 3.96. The fourth-order valence-corrected chi connectivity index (χ4v) is 3.04. The van der Waals surface area contributed by atoms with Crippen LogP contribution in [-0.2, 0) is 21.8 Å². The molecule has 0 spiro atoms. The number of halogens is 1. The van der Waals surface area contributed by atoms with Gasteiger partial charge in [-0.25, -0.2) is 4.39 Å². The van der Waals surface area contributed by atoms with Gasteiger partial charge < -0.3 is 10.4 Å². The molecule has 4 nitrogen and oxygen atoms in total. The molecule has 2 N–H and O–H groups in total. The molecule has 6 heteroatoms. The standard InChI is InChI=1S/C19H20FNO3S/c1-13(9-15-6-2-3-8-17(15)20)19(24)21-16-7-4-5-14(10-16)11-25-12-18(22)23/h2-8,10,13H,9,11-12H2,1H3,(H,21,24)(H,22,23). The van der Waals surface area contributed by atoms with Crippen molar-refractivity contribution in [1.82, 2.24) is 0 Å². The summed E-state index contributed by atoms with van der Waals surface area (Å²) in [6.07, 6.45) is 0.326. The summed E-state index contributed by atoms with van der Waals surface area (Å²) in [5.74, 6) is -1.12. The molecule has 25 heavy (non-hydrogen) atoms. The lowest BCUT2D eigenvalue weighted by atomic mass is 10.00. The van der Waals surface area contributed by atoms with E-state index in [4.69, 9.17) is 5.11 Å². The van der Waals surface area contributed by atoms with E-state index in [0.717, 1.165) is 5.56 Å². The molecule has 0 bridgehead atoms. The van der Waals surface area contributed by atoms with Crippen LogP contribution in [0.1, 0.15) is 18.1 Å². The lowest BCUT2D eigenvalue weighted by molar-refractivity contribution is -0.133. The van der Waals surface area contributed by atoms with Crippen molar-refractivity contribution in [3.63, 3.8) is 0 Å². The Kier molecular flexibility index (Phi) is 7.01. The number of carboxylic acid groups (broad SMARTS) is 1. The Morgan fingerprint density at radius 2 is 1.96 bits per heavy atom.